The van der Waals surface area contributed by atoms with E-state index in [4.69, 9.17) is 5.73 Å². The molecule has 4 nitrogen and oxygen atoms in total. The summed E-state index contributed by atoms with van der Waals surface area (Å²) in [6, 6.07) is 0. The van der Waals surface area contributed by atoms with Gasteiger partial charge in [-0.15, -0.1) is 11.3 Å². The molecule has 0 fully saturated rings. The molecule has 1 aromatic rings. The highest BCUT2D eigenvalue weighted by Crippen LogP contribution is 2.10. The molecule has 0 unspecified atom stereocenters. The van der Waals surface area contributed by atoms with Gasteiger partial charge in [0.15, 0.2) is 0 Å². The molecular formula is C10H17N3OS. The number of carbonyl (C=O) groups excluding carboxylic acids is 1. The zero-order valence-corrected chi connectivity index (χ0v) is 9.77. The first-order chi connectivity index (χ1) is 7.22. The topological polar surface area (TPSA) is 68.0 Å². The summed E-state index contributed by atoms with van der Waals surface area (Å²) in [5.41, 5.74) is 5.34. The van der Waals surface area contributed by atoms with E-state index in [-0.39, 0.29) is 5.91 Å². The van der Waals surface area contributed by atoms with E-state index in [1.807, 2.05) is 13.1 Å². The molecule has 1 rings (SSSR count). The Balaban J connectivity index is 2.16. The first kappa shape index (κ1) is 12.1. The lowest BCUT2D eigenvalue weighted by Gasteiger charge is -2.01. The molecule has 3 N–H and O–H groups in total. The number of rotatable bonds is 6. The van der Waals surface area contributed by atoms with Gasteiger partial charge in [0, 0.05) is 17.5 Å². The number of unbranched alkanes of at least 4 members (excludes halogenated alkanes) is 1. The van der Waals surface area contributed by atoms with Gasteiger partial charge in [-0.2, -0.15) is 0 Å². The summed E-state index contributed by atoms with van der Waals surface area (Å²) in [4.78, 5) is 16.7. The Labute approximate surface area is 93.9 Å². The standard InChI is InChI=1S/C10H17N3OS/c1-8-6-13-10(15-8)7-12-9(14)4-2-3-5-11/h6H,2-5,7,11H2,1H3,(H,12,14). The second-order valence-corrected chi connectivity index (χ2v) is 4.71. The average Bonchev–Trinajstić information content (AvgIpc) is 2.62. The number of nitrogens with one attached hydrogen (secondary N) is 1. The van der Waals surface area contributed by atoms with Crippen molar-refractivity contribution in [2.45, 2.75) is 32.7 Å². The van der Waals surface area contributed by atoms with Crippen LogP contribution in [0, 0.1) is 6.92 Å². The summed E-state index contributed by atoms with van der Waals surface area (Å²) in [7, 11) is 0. The number of hydrogen-bond acceptors (Lipinski definition) is 4. The molecule has 0 aromatic carbocycles. The van der Waals surface area contributed by atoms with Gasteiger partial charge in [0.05, 0.1) is 6.54 Å². The van der Waals surface area contributed by atoms with E-state index in [1.54, 1.807) is 11.3 Å². The number of hydrogen-bond donors (Lipinski definition) is 2. The maximum atomic E-state index is 11.3. The van der Waals surface area contributed by atoms with Crippen molar-refractivity contribution in [2.24, 2.45) is 5.73 Å². The van der Waals surface area contributed by atoms with Gasteiger partial charge in [0.2, 0.25) is 5.91 Å². The first-order valence-corrected chi connectivity index (χ1v) is 5.92. The maximum Gasteiger partial charge on any atom is 0.220 e. The van der Waals surface area contributed by atoms with Crippen LogP contribution in [0.4, 0.5) is 0 Å². The average molecular weight is 227 g/mol. The van der Waals surface area contributed by atoms with E-state index in [1.165, 1.54) is 4.88 Å². The number of nitrogens with two attached hydrogens (primary N) is 1. The fraction of sp³-hybridized carbons (Fsp3) is 0.600. The van der Waals surface area contributed by atoms with Crippen LogP contribution in [-0.4, -0.2) is 17.4 Å². The fourth-order valence-electron chi connectivity index (χ4n) is 1.18. The smallest absolute Gasteiger partial charge is 0.220 e. The minimum absolute atomic E-state index is 0.0799. The lowest BCUT2D eigenvalue weighted by Crippen LogP contribution is -2.22. The number of aryl methyl sites for hydroxylation is 1. The van der Waals surface area contributed by atoms with Gasteiger partial charge in [-0.1, -0.05) is 0 Å². The predicted octanol–water partition coefficient (Wildman–Crippen LogP) is 1.20. The molecule has 5 heteroatoms. The second kappa shape index (κ2) is 6.53. The van der Waals surface area contributed by atoms with E-state index >= 15 is 0 Å². The molecule has 0 bridgehead atoms. The Morgan fingerprint density at radius 2 is 2.40 bits per heavy atom. The van der Waals surface area contributed by atoms with E-state index < -0.39 is 0 Å². The van der Waals surface area contributed by atoms with Crippen molar-refractivity contribution in [2.75, 3.05) is 6.54 Å². The Morgan fingerprint density at radius 3 is 3.00 bits per heavy atom. The zero-order valence-electron chi connectivity index (χ0n) is 8.95. The van der Waals surface area contributed by atoms with Gasteiger partial charge < -0.3 is 11.1 Å². The van der Waals surface area contributed by atoms with E-state index in [2.05, 4.69) is 10.3 Å². The molecule has 0 aliphatic rings. The summed E-state index contributed by atoms with van der Waals surface area (Å²) in [5, 5.41) is 3.80. The van der Waals surface area contributed by atoms with Gasteiger partial charge in [-0.3, -0.25) is 4.79 Å². The third-order valence-electron chi connectivity index (χ3n) is 1.96. The molecule has 0 spiro atoms. The Kier molecular flexibility index (Phi) is 5.28. The number of amides is 1. The lowest BCUT2D eigenvalue weighted by atomic mass is 10.2. The quantitative estimate of drug-likeness (QED) is 0.717. The van der Waals surface area contributed by atoms with Crippen LogP contribution in [0.1, 0.15) is 29.1 Å². The largest absolute Gasteiger partial charge is 0.350 e. The van der Waals surface area contributed by atoms with Crippen molar-refractivity contribution in [3.05, 3.63) is 16.1 Å². The van der Waals surface area contributed by atoms with E-state index in [0.29, 0.717) is 19.5 Å². The van der Waals surface area contributed by atoms with Crippen molar-refractivity contribution in [3.8, 4) is 0 Å². The molecule has 0 aliphatic heterocycles. The Bertz CT molecular complexity index is 311. The summed E-state index contributed by atoms with van der Waals surface area (Å²) in [5.74, 6) is 0.0799. The van der Waals surface area contributed by atoms with Crippen molar-refractivity contribution < 1.29 is 4.79 Å². The van der Waals surface area contributed by atoms with Gasteiger partial charge in [-0.05, 0) is 26.3 Å². The molecular weight excluding hydrogens is 210 g/mol. The normalized spacial score (nSPS) is 10.3. The monoisotopic (exact) mass is 227 g/mol. The molecule has 1 aromatic heterocycles. The summed E-state index contributed by atoms with van der Waals surface area (Å²) >= 11 is 1.61. The summed E-state index contributed by atoms with van der Waals surface area (Å²) in [6.45, 7) is 3.20. The molecule has 0 radical (unpaired) electrons. The Morgan fingerprint density at radius 1 is 1.60 bits per heavy atom. The summed E-state index contributed by atoms with van der Waals surface area (Å²) in [6.07, 6.45) is 4.14. The van der Waals surface area contributed by atoms with Gasteiger partial charge in [-0.25, -0.2) is 4.98 Å². The number of aromatic nitrogens is 1. The van der Waals surface area contributed by atoms with Crippen LogP contribution in [0.3, 0.4) is 0 Å². The number of carbonyl (C=O) groups is 1. The van der Waals surface area contributed by atoms with Gasteiger partial charge >= 0.3 is 0 Å². The highest BCUT2D eigenvalue weighted by Gasteiger charge is 2.02. The fourth-order valence-corrected chi connectivity index (χ4v) is 1.90. The first-order valence-electron chi connectivity index (χ1n) is 5.10. The highest BCUT2D eigenvalue weighted by molar-refractivity contribution is 7.11. The van der Waals surface area contributed by atoms with Crippen LogP contribution in [-0.2, 0) is 11.3 Å². The van der Waals surface area contributed by atoms with Crippen LogP contribution in [0.15, 0.2) is 6.20 Å². The molecule has 15 heavy (non-hydrogen) atoms. The third kappa shape index (κ3) is 4.90. The maximum absolute atomic E-state index is 11.3. The SMILES string of the molecule is Cc1cnc(CNC(=O)CCCCN)s1. The minimum atomic E-state index is 0.0799. The number of nitrogens with zero attached hydrogens (tertiary/aromatic N) is 1. The highest BCUT2D eigenvalue weighted by atomic mass is 32.1. The van der Waals surface area contributed by atoms with Crippen LogP contribution < -0.4 is 11.1 Å². The van der Waals surface area contributed by atoms with E-state index in [9.17, 15) is 4.79 Å². The van der Waals surface area contributed by atoms with Gasteiger partial charge in [0.1, 0.15) is 5.01 Å². The lowest BCUT2D eigenvalue weighted by molar-refractivity contribution is -0.121. The van der Waals surface area contributed by atoms with Crippen LogP contribution in [0.2, 0.25) is 0 Å². The van der Waals surface area contributed by atoms with Crippen molar-refractivity contribution in [1.29, 1.82) is 0 Å². The third-order valence-corrected chi connectivity index (χ3v) is 2.88. The Hall–Kier alpha value is -0.940. The molecule has 0 atom stereocenters. The minimum Gasteiger partial charge on any atom is -0.350 e. The molecule has 0 saturated carbocycles. The number of thiazole rings is 1. The molecule has 0 saturated heterocycles. The van der Waals surface area contributed by atoms with E-state index in [0.717, 1.165) is 17.8 Å². The van der Waals surface area contributed by atoms with Crippen molar-refractivity contribution in [1.82, 2.24) is 10.3 Å². The van der Waals surface area contributed by atoms with Crippen LogP contribution in [0.5, 0.6) is 0 Å². The van der Waals surface area contributed by atoms with Gasteiger partial charge in [0.25, 0.3) is 0 Å². The molecule has 1 amide bonds. The second-order valence-electron chi connectivity index (χ2n) is 3.39. The molecule has 1 heterocycles. The predicted molar refractivity (Wildman–Crippen MR) is 61.6 cm³/mol. The molecule has 84 valence electrons. The zero-order chi connectivity index (χ0) is 11.1. The van der Waals surface area contributed by atoms with Crippen LogP contribution in [0.25, 0.3) is 0 Å². The summed E-state index contributed by atoms with van der Waals surface area (Å²) < 4.78 is 0. The molecule has 0 aliphatic carbocycles. The van der Waals surface area contributed by atoms with Crippen molar-refractivity contribution in [3.63, 3.8) is 0 Å². The van der Waals surface area contributed by atoms with Crippen LogP contribution >= 0.6 is 11.3 Å². The van der Waals surface area contributed by atoms with Crippen molar-refractivity contribution >= 4 is 17.2 Å².